The Morgan fingerprint density at radius 1 is 1.26 bits per heavy atom. The lowest BCUT2D eigenvalue weighted by Gasteiger charge is -2.17. The van der Waals surface area contributed by atoms with Crippen molar-refractivity contribution in [2.45, 2.75) is 39.3 Å². The lowest BCUT2D eigenvalue weighted by molar-refractivity contribution is 0.310. The molecular formula is C15H26N2O2. The van der Waals surface area contributed by atoms with Gasteiger partial charge in [-0.2, -0.15) is 0 Å². The molecule has 1 rings (SSSR count). The van der Waals surface area contributed by atoms with E-state index in [1.165, 1.54) is 5.56 Å². The van der Waals surface area contributed by atoms with Crippen LogP contribution in [-0.2, 0) is 6.42 Å². The fourth-order valence-corrected chi connectivity index (χ4v) is 1.93. The van der Waals surface area contributed by atoms with Gasteiger partial charge in [0.1, 0.15) is 0 Å². The predicted molar refractivity (Wildman–Crippen MR) is 79.0 cm³/mol. The Hall–Kier alpha value is -1.26. The Balaban J connectivity index is 2.65. The molecule has 0 fully saturated rings. The second kappa shape index (κ2) is 8.02. The van der Waals surface area contributed by atoms with Gasteiger partial charge in [-0.1, -0.05) is 6.07 Å². The van der Waals surface area contributed by atoms with Gasteiger partial charge >= 0.3 is 0 Å². The molecule has 0 aliphatic heterocycles. The summed E-state index contributed by atoms with van der Waals surface area (Å²) in [6.45, 7) is 7.60. The van der Waals surface area contributed by atoms with Crippen LogP contribution in [0, 0.1) is 0 Å². The normalized spacial score (nSPS) is 13.9. The first-order chi connectivity index (χ1) is 9.06. The van der Waals surface area contributed by atoms with Crippen LogP contribution in [0.15, 0.2) is 18.2 Å². The molecule has 2 unspecified atom stereocenters. The molecule has 4 nitrogen and oxygen atoms in total. The molecule has 0 aromatic heterocycles. The van der Waals surface area contributed by atoms with Gasteiger partial charge in [0, 0.05) is 18.6 Å². The van der Waals surface area contributed by atoms with Crippen molar-refractivity contribution in [2.75, 3.05) is 20.3 Å². The summed E-state index contributed by atoms with van der Waals surface area (Å²) in [6.07, 6.45) is 0.941. The SMILES string of the molecule is CCOc1cc(CC(C)NCC(C)N)ccc1OC. The summed E-state index contributed by atoms with van der Waals surface area (Å²) in [5.41, 5.74) is 6.97. The molecule has 0 aliphatic carbocycles. The van der Waals surface area contributed by atoms with E-state index in [0.29, 0.717) is 12.6 Å². The lowest BCUT2D eigenvalue weighted by Crippen LogP contribution is -2.37. The maximum absolute atomic E-state index is 5.74. The number of ether oxygens (including phenoxy) is 2. The Morgan fingerprint density at radius 2 is 2.00 bits per heavy atom. The molecular weight excluding hydrogens is 240 g/mol. The third kappa shape index (κ3) is 5.49. The fraction of sp³-hybridized carbons (Fsp3) is 0.600. The second-order valence-corrected chi connectivity index (χ2v) is 4.91. The van der Waals surface area contributed by atoms with Crippen LogP contribution < -0.4 is 20.5 Å². The number of benzene rings is 1. The first-order valence-electron chi connectivity index (χ1n) is 6.85. The van der Waals surface area contributed by atoms with Gasteiger partial charge in [-0.25, -0.2) is 0 Å². The molecule has 0 saturated carbocycles. The van der Waals surface area contributed by atoms with Gasteiger partial charge in [-0.15, -0.1) is 0 Å². The van der Waals surface area contributed by atoms with Crippen LogP contribution in [0.4, 0.5) is 0 Å². The van der Waals surface area contributed by atoms with Gasteiger partial charge < -0.3 is 20.5 Å². The average Bonchev–Trinajstić information content (AvgIpc) is 2.37. The number of nitrogens with two attached hydrogens (primary N) is 1. The number of nitrogens with one attached hydrogen (secondary N) is 1. The Morgan fingerprint density at radius 3 is 2.58 bits per heavy atom. The molecule has 4 heteroatoms. The number of hydrogen-bond acceptors (Lipinski definition) is 4. The van der Waals surface area contributed by atoms with Gasteiger partial charge in [0.2, 0.25) is 0 Å². The minimum atomic E-state index is 0.178. The molecule has 0 aliphatic rings. The summed E-state index contributed by atoms with van der Waals surface area (Å²) in [4.78, 5) is 0. The summed E-state index contributed by atoms with van der Waals surface area (Å²) in [6, 6.07) is 6.64. The topological polar surface area (TPSA) is 56.5 Å². The van der Waals surface area contributed by atoms with E-state index in [1.807, 2.05) is 26.0 Å². The third-order valence-corrected chi connectivity index (χ3v) is 2.86. The van der Waals surface area contributed by atoms with Gasteiger partial charge in [-0.05, 0) is 44.9 Å². The van der Waals surface area contributed by atoms with Crippen molar-refractivity contribution in [1.29, 1.82) is 0 Å². The molecule has 0 radical (unpaired) electrons. The van der Waals surface area contributed by atoms with Crippen molar-refractivity contribution >= 4 is 0 Å². The smallest absolute Gasteiger partial charge is 0.161 e. The van der Waals surface area contributed by atoms with Gasteiger partial charge in [0.25, 0.3) is 0 Å². The zero-order valence-electron chi connectivity index (χ0n) is 12.4. The van der Waals surface area contributed by atoms with E-state index in [9.17, 15) is 0 Å². The first-order valence-corrected chi connectivity index (χ1v) is 6.85. The van der Waals surface area contributed by atoms with Crippen molar-refractivity contribution in [3.05, 3.63) is 23.8 Å². The van der Waals surface area contributed by atoms with Crippen LogP contribution >= 0.6 is 0 Å². The largest absolute Gasteiger partial charge is 0.493 e. The van der Waals surface area contributed by atoms with Gasteiger partial charge in [0.15, 0.2) is 11.5 Å². The molecule has 108 valence electrons. The Bertz CT molecular complexity index is 380. The van der Waals surface area contributed by atoms with Crippen molar-refractivity contribution in [3.8, 4) is 11.5 Å². The van der Waals surface area contributed by atoms with Crippen LogP contribution in [0.2, 0.25) is 0 Å². The van der Waals surface area contributed by atoms with Crippen LogP contribution in [0.1, 0.15) is 26.3 Å². The average molecular weight is 266 g/mol. The number of hydrogen-bond donors (Lipinski definition) is 2. The highest BCUT2D eigenvalue weighted by Crippen LogP contribution is 2.28. The maximum atomic E-state index is 5.74. The molecule has 0 bridgehead atoms. The molecule has 1 aromatic carbocycles. The molecule has 0 amide bonds. The van der Waals surface area contributed by atoms with E-state index in [-0.39, 0.29) is 6.04 Å². The molecule has 1 aromatic rings. The Labute approximate surface area is 116 Å². The van der Waals surface area contributed by atoms with E-state index in [0.717, 1.165) is 24.5 Å². The Kier molecular flexibility index (Phi) is 6.67. The quantitative estimate of drug-likeness (QED) is 0.755. The zero-order valence-corrected chi connectivity index (χ0v) is 12.4. The standard InChI is InChI=1S/C15H26N2O2/c1-5-19-15-9-13(6-7-14(15)18-4)8-12(3)17-10-11(2)16/h6-7,9,11-12,17H,5,8,10,16H2,1-4H3. The number of rotatable bonds is 8. The second-order valence-electron chi connectivity index (χ2n) is 4.91. The minimum absolute atomic E-state index is 0.178. The van der Waals surface area contributed by atoms with Gasteiger partial charge in [-0.3, -0.25) is 0 Å². The number of methoxy groups -OCH3 is 1. The summed E-state index contributed by atoms with van der Waals surface area (Å²) in [5, 5.41) is 3.41. The predicted octanol–water partition coefficient (Wildman–Crippen LogP) is 1.96. The molecule has 0 saturated heterocycles. The van der Waals surface area contributed by atoms with E-state index in [1.54, 1.807) is 7.11 Å². The fourth-order valence-electron chi connectivity index (χ4n) is 1.93. The minimum Gasteiger partial charge on any atom is -0.493 e. The van der Waals surface area contributed by atoms with Crippen molar-refractivity contribution in [1.82, 2.24) is 5.32 Å². The third-order valence-electron chi connectivity index (χ3n) is 2.86. The molecule has 2 atom stereocenters. The van der Waals surface area contributed by atoms with E-state index < -0.39 is 0 Å². The monoisotopic (exact) mass is 266 g/mol. The first kappa shape index (κ1) is 15.8. The van der Waals surface area contributed by atoms with Crippen molar-refractivity contribution < 1.29 is 9.47 Å². The van der Waals surface area contributed by atoms with E-state index in [4.69, 9.17) is 15.2 Å². The highest BCUT2D eigenvalue weighted by atomic mass is 16.5. The van der Waals surface area contributed by atoms with Crippen LogP contribution in [0.25, 0.3) is 0 Å². The van der Waals surface area contributed by atoms with Crippen molar-refractivity contribution in [3.63, 3.8) is 0 Å². The van der Waals surface area contributed by atoms with E-state index in [2.05, 4.69) is 18.3 Å². The summed E-state index contributed by atoms with van der Waals surface area (Å²) in [7, 11) is 1.66. The summed E-state index contributed by atoms with van der Waals surface area (Å²) < 4.78 is 10.9. The molecule has 19 heavy (non-hydrogen) atoms. The zero-order chi connectivity index (χ0) is 14.3. The van der Waals surface area contributed by atoms with Crippen LogP contribution in [0.5, 0.6) is 11.5 Å². The molecule has 0 spiro atoms. The summed E-state index contributed by atoms with van der Waals surface area (Å²) in [5.74, 6) is 1.59. The van der Waals surface area contributed by atoms with Gasteiger partial charge in [0.05, 0.1) is 13.7 Å². The van der Waals surface area contributed by atoms with Crippen LogP contribution in [-0.4, -0.2) is 32.3 Å². The van der Waals surface area contributed by atoms with E-state index >= 15 is 0 Å². The summed E-state index contributed by atoms with van der Waals surface area (Å²) >= 11 is 0. The highest BCUT2D eigenvalue weighted by Gasteiger charge is 2.08. The highest BCUT2D eigenvalue weighted by molar-refractivity contribution is 5.43. The molecule has 0 heterocycles. The lowest BCUT2D eigenvalue weighted by atomic mass is 10.1. The maximum Gasteiger partial charge on any atom is 0.161 e. The van der Waals surface area contributed by atoms with Crippen molar-refractivity contribution in [2.24, 2.45) is 5.73 Å². The molecule has 3 N–H and O–H groups in total. The van der Waals surface area contributed by atoms with Crippen LogP contribution in [0.3, 0.4) is 0 Å².